The molecule has 2 bridgehead atoms. The summed E-state index contributed by atoms with van der Waals surface area (Å²) >= 11 is 0. The number of halogens is 2. The number of fused-ring (bicyclic) bond motifs is 2. The number of hydrogen-bond acceptors (Lipinski definition) is 1. The Morgan fingerprint density at radius 1 is 0.909 bits per heavy atom. The summed E-state index contributed by atoms with van der Waals surface area (Å²) in [4.78, 5) is 2.59. The van der Waals surface area contributed by atoms with Crippen LogP contribution in [0.1, 0.15) is 32.1 Å². The average Bonchev–Trinajstić information content (AvgIpc) is 2.19. The SMILES string of the molecule is CN1[C@@H]2CCC[C@H]1CC2.Cl.Cl. The first-order chi connectivity index (χ1) is 4.38. The molecule has 2 aliphatic heterocycles. The van der Waals surface area contributed by atoms with Crippen LogP contribution in [0.25, 0.3) is 0 Å². The van der Waals surface area contributed by atoms with Crippen molar-refractivity contribution in [2.45, 2.75) is 44.2 Å². The normalized spacial score (nSPS) is 35.7. The summed E-state index contributed by atoms with van der Waals surface area (Å²) in [6, 6.07) is 1.92. The molecule has 2 fully saturated rings. The summed E-state index contributed by atoms with van der Waals surface area (Å²) < 4.78 is 0. The number of nitrogens with zero attached hydrogens (tertiary/aromatic N) is 1. The maximum absolute atomic E-state index is 2.59. The van der Waals surface area contributed by atoms with Gasteiger partial charge in [0.1, 0.15) is 0 Å². The van der Waals surface area contributed by atoms with E-state index in [4.69, 9.17) is 0 Å². The Kier molecular flexibility index (Phi) is 4.76. The lowest BCUT2D eigenvalue weighted by Gasteiger charge is -2.30. The van der Waals surface area contributed by atoms with Crippen LogP contribution in [-0.2, 0) is 0 Å². The molecule has 1 nitrogen and oxygen atoms in total. The van der Waals surface area contributed by atoms with Gasteiger partial charge in [-0.05, 0) is 32.7 Å². The van der Waals surface area contributed by atoms with Crippen LogP contribution in [0.4, 0.5) is 0 Å². The average molecular weight is 198 g/mol. The third-order valence-electron chi connectivity index (χ3n) is 3.06. The second kappa shape index (κ2) is 4.54. The van der Waals surface area contributed by atoms with Crippen molar-refractivity contribution in [3.8, 4) is 0 Å². The summed E-state index contributed by atoms with van der Waals surface area (Å²) in [6.45, 7) is 0. The molecule has 2 rings (SSSR count). The van der Waals surface area contributed by atoms with Gasteiger partial charge in [-0.3, -0.25) is 0 Å². The van der Waals surface area contributed by atoms with Gasteiger partial charge in [0.15, 0.2) is 0 Å². The molecule has 3 heteroatoms. The highest BCUT2D eigenvalue weighted by Gasteiger charge is 2.33. The molecule has 0 spiro atoms. The van der Waals surface area contributed by atoms with Crippen LogP contribution >= 0.6 is 24.8 Å². The van der Waals surface area contributed by atoms with E-state index >= 15 is 0 Å². The van der Waals surface area contributed by atoms with Crippen LogP contribution in [-0.4, -0.2) is 24.0 Å². The van der Waals surface area contributed by atoms with Gasteiger partial charge in [-0.25, -0.2) is 0 Å². The first kappa shape index (κ1) is 11.5. The minimum atomic E-state index is 0. The van der Waals surface area contributed by atoms with Gasteiger partial charge in [-0.2, -0.15) is 0 Å². The fraction of sp³-hybridized carbons (Fsp3) is 1.00. The highest BCUT2D eigenvalue weighted by Crippen LogP contribution is 2.33. The van der Waals surface area contributed by atoms with Crippen molar-refractivity contribution in [2.75, 3.05) is 7.05 Å². The van der Waals surface area contributed by atoms with Crippen molar-refractivity contribution < 1.29 is 0 Å². The molecule has 0 N–H and O–H groups in total. The van der Waals surface area contributed by atoms with Crippen LogP contribution in [0.15, 0.2) is 0 Å². The Bertz CT molecular complexity index is 103. The number of hydrogen-bond donors (Lipinski definition) is 0. The maximum atomic E-state index is 2.59. The zero-order valence-electron chi connectivity index (χ0n) is 6.95. The zero-order chi connectivity index (χ0) is 6.27. The van der Waals surface area contributed by atoms with Crippen molar-refractivity contribution in [1.82, 2.24) is 4.90 Å². The van der Waals surface area contributed by atoms with Gasteiger partial charge in [0, 0.05) is 12.1 Å². The van der Waals surface area contributed by atoms with Gasteiger partial charge in [0.05, 0.1) is 0 Å². The number of piperidine rings is 1. The van der Waals surface area contributed by atoms with Crippen LogP contribution in [0.2, 0.25) is 0 Å². The van der Waals surface area contributed by atoms with Gasteiger partial charge in [0.2, 0.25) is 0 Å². The van der Waals surface area contributed by atoms with Gasteiger partial charge >= 0.3 is 0 Å². The standard InChI is InChI=1S/C8H15N.2ClH/c1-9-7-3-2-4-8(9)6-5-7;;/h7-8H,2-6H2,1H3;2*1H/t7-,8+;;. The third-order valence-corrected chi connectivity index (χ3v) is 3.06. The summed E-state index contributed by atoms with van der Waals surface area (Å²) in [7, 11) is 2.29. The second-order valence-electron chi connectivity index (χ2n) is 3.48. The van der Waals surface area contributed by atoms with E-state index in [1.54, 1.807) is 0 Å². The van der Waals surface area contributed by atoms with Gasteiger partial charge < -0.3 is 4.90 Å². The molecule has 0 aromatic heterocycles. The van der Waals surface area contributed by atoms with Crippen molar-refractivity contribution in [2.24, 2.45) is 0 Å². The largest absolute Gasteiger partial charge is 0.300 e. The van der Waals surface area contributed by atoms with Crippen LogP contribution in [0.3, 0.4) is 0 Å². The Morgan fingerprint density at radius 2 is 1.36 bits per heavy atom. The molecule has 0 saturated carbocycles. The minimum Gasteiger partial charge on any atom is -0.300 e. The van der Waals surface area contributed by atoms with E-state index < -0.39 is 0 Å². The smallest absolute Gasteiger partial charge is 0.00957 e. The van der Waals surface area contributed by atoms with Crippen LogP contribution in [0.5, 0.6) is 0 Å². The lowest BCUT2D eigenvalue weighted by molar-refractivity contribution is 0.179. The predicted molar refractivity (Wildman–Crippen MR) is 52.9 cm³/mol. The van der Waals surface area contributed by atoms with E-state index in [0.29, 0.717) is 0 Å². The highest BCUT2D eigenvalue weighted by molar-refractivity contribution is 5.85. The molecule has 0 aliphatic carbocycles. The molecule has 0 radical (unpaired) electrons. The molecular weight excluding hydrogens is 181 g/mol. The molecule has 0 amide bonds. The number of rotatable bonds is 0. The summed E-state index contributed by atoms with van der Waals surface area (Å²) in [5.74, 6) is 0. The molecule has 0 aromatic carbocycles. The first-order valence-corrected chi connectivity index (χ1v) is 4.10. The Balaban J connectivity index is 0.000000500. The molecule has 0 unspecified atom stereocenters. The van der Waals surface area contributed by atoms with E-state index in [0.717, 1.165) is 12.1 Å². The molecule has 2 aliphatic rings. The first-order valence-electron chi connectivity index (χ1n) is 4.10. The summed E-state index contributed by atoms with van der Waals surface area (Å²) in [5.41, 5.74) is 0. The van der Waals surface area contributed by atoms with E-state index in [1.165, 1.54) is 32.1 Å². The van der Waals surface area contributed by atoms with Crippen LogP contribution < -0.4 is 0 Å². The van der Waals surface area contributed by atoms with E-state index in [9.17, 15) is 0 Å². The summed E-state index contributed by atoms with van der Waals surface area (Å²) in [5, 5.41) is 0. The lowest BCUT2D eigenvalue weighted by atomic mass is 10.0. The quantitative estimate of drug-likeness (QED) is 0.578. The van der Waals surface area contributed by atoms with E-state index in [-0.39, 0.29) is 24.8 Å². The molecule has 0 aromatic rings. The minimum absolute atomic E-state index is 0. The molecule has 11 heavy (non-hydrogen) atoms. The Labute approximate surface area is 81.3 Å². The highest BCUT2D eigenvalue weighted by atomic mass is 35.5. The molecule has 2 heterocycles. The van der Waals surface area contributed by atoms with E-state index in [1.807, 2.05) is 0 Å². The Hall–Kier alpha value is 0.540. The monoisotopic (exact) mass is 197 g/mol. The molecular formula is C8H17Cl2N. The lowest BCUT2D eigenvalue weighted by Crippen LogP contribution is -2.35. The van der Waals surface area contributed by atoms with Crippen LogP contribution in [0, 0.1) is 0 Å². The second-order valence-corrected chi connectivity index (χ2v) is 3.48. The summed E-state index contributed by atoms with van der Waals surface area (Å²) in [6.07, 6.45) is 7.36. The maximum Gasteiger partial charge on any atom is 0.00957 e. The zero-order valence-corrected chi connectivity index (χ0v) is 8.59. The molecule has 2 saturated heterocycles. The van der Waals surface area contributed by atoms with E-state index in [2.05, 4.69) is 11.9 Å². The van der Waals surface area contributed by atoms with Gasteiger partial charge in [-0.15, -0.1) is 24.8 Å². The fourth-order valence-electron chi connectivity index (χ4n) is 2.38. The van der Waals surface area contributed by atoms with Crippen molar-refractivity contribution in [1.29, 1.82) is 0 Å². The predicted octanol–water partition coefficient (Wildman–Crippen LogP) is 2.48. The van der Waals surface area contributed by atoms with Gasteiger partial charge in [0.25, 0.3) is 0 Å². The Morgan fingerprint density at radius 3 is 1.73 bits per heavy atom. The third kappa shape index (κ3) is 2.01. The van der Waals surface area contributed by atoms with Crippen molar-refractivity contribution >= 4 is 24.8 Å². The molecule has 68 valence electrons. The fourth-order valence-corrected chi connectivity index (χ4v) is 2.38. The van der Waals surface area contributed by atoms with Crippen molar-refractivity contribution in [3.63, 3.8) is 0 Å². The van der Waals surface area contributed by atoms with Gasteiger partial charge in [-0.1, -0.05) is 6.42 Å². The van der Waals surface area contributed by atoms with Crippen molar-refractivity contribution in [3.05, 3.63) is 0 Å². The molecule has 2 atom stereocenters. The topological polar surface area (TPSA) is 3.24 Å².